The molecule has 2 unspecified atom stereocenters. The first-order chi connectivity index (χ1) is 28.7. The molecule has 0 fully saturated rings. The number of fused-ring (bicyclic) bond motifs is 2. The summed E-state index contributed by atoms with van der Waals surface area (Å²) in [6, 6.07) is 31.2. The van der Waals surface area contributed by atoms with Crippen LogP contribution in [0.25, 0.3) is 11.4 Å². The quantitative estimate of drug-likeness (QED) is 0.0934. The third kappa shape index (κ3) is 7.77. The fourth-order valence-electron chi connectivity index (χ4n) is 6.62. The molecule has 0 saturated heterocycles. The number of aromatic amines is 2. The molecule has 0 spiro atoms. The van der Waals surface area contributed by atoms with Crippen molar-refractivity contribution >= 4 is 47.6 Å². The van der Waals surface area contributed by atoms with Crippen LogP contribution in [0.1, 0.15) is 57.1 Å². The number of aliphatic carboxylic acids is 2. The summed E-state index contributed by atoms with van der Waals surface area (Å²) in [5.41, 5.74) is -0.172. The summed E-state index contributed by atoms with van der Waals surface area (Å²) in [4.78, 5) is 75.6. The molecule has 2 aliphatic heterocycles. The van der Waals surface area contributed by atoms with E-state index in [0.29, 0.717) is 45.3 Å². The van der Waals surface area contributed by atoms with Crippen LogP contribution in [0.4, 0.5) is 11.4 Å². The minimum atomic E-state index is -1.81. The number of aromatic nitrogens is 4. The SMILES string of the molecule is Cc1[nH]n(-c2ccccc2)c(=O)c1/C=N/N1C(=O)c2ccccc2NC1(C)C(=O)O.Cc1[nH]n(-c2ccccc2)c(=O)c1/C=N/N1C(=O)c2ccccc2NC1(C)C(=O)O.[Cu]. The van der Waals surface area contributed by atoms with Gasteiger partial charge in [0.25, 0.3) is 22.9 Å². The van der Waals surface area contributed by atoms with Gasteiger partial charge in [-0.1, -0.05) is 60.7 Å². The van der Waals surface area contributed by atoms with Crippen LogP contribution in [-0.4, -0.2) is 87.3 Å². The van der Waals surface area contributed by atoms with E-state index in [9.17, 15) is 39.0 Å². The molecule has 61 heavy (non-hydrogen) atoms. The number of nitrogens with zero attached hydrogens (tertiary/aromatic N) is 6. The van der Waals surface area contributed by atoms with Crippen LogP contribution in [0, 0.1) is 13.8 Å². The minimum absolute atomic E-state index is 0. The van der Waals surface area contributed by atoms with Gasteiger partial charge in [-0.15, -0.1) is 0 Å². The Morgan fingerprint density at radius 2 is 0.885 bits per heavy atom. The number of carboxylic acids is 2. The fourth-order valence-corrected chi connectivity index (χ4v) is 6.62. The maximum atomic E-state index is 13.0. The van der Waals surface area contributed by atoms with Gasteiger partial charge in [0.2, 0.25) is 11.3 Å². The number of hydrazone groups is 2. The first-order valence-corrected chi connectivity index (χ1v) is 18.4. The standard InChI is InChI=1S/2C21H19N5O4.Cu/c2*1-13-16(18(27)25(24-13)14-8-4-3-5-9-14)12-22-26-19(28)15-10-6-7-11-17(15)23-21(26,2)20(29)30;/h2*3-12,23-24H,1-2H3,(H,29,30);/b2*22-12+;. The molecular weight excluding hydrogens is 836 g/mol. The molecule has 6 N–H and O–H groups in total. The first kappa shape index (κ1) is 42.8. The fraction of sp³-hybridized carbons (Fsp3) is 0.143. The van der Waals surface area contributed by atoms with E-state index in [2.05, 4.69) is 31.0 Å². The molecule has 315 valence electrons. The molecule has 0 saturated carbocycles. The summed E-state index contributed by atoms with van der Waals surface area (Å²) in [6.07, 6.45) is 2.42. The Kier molecular flexibility index (Phi) is 11.8. The van der Waals surface area contributed by atoms with Gasteiger partial charge in [-0.2, -0.15) is 20.2 Å². The predicted molar refractivity (Wildman–Crippen MR) is 222 cm³/mol. The van der Waals surface area contributed by atoms with E-state index in [4.69, 9.17) is 0 Å². The van der Waals surface area contributed by atoms with E-state index in [1.54, 1.807) is 111 Å². The van der Waals surface area contributed by atoms with E-state index < -0.39 is 35.1 Å². The van der Waals surface area contributed by atoms with Crippen LogP contribution < -0.4 is 21.8 Å². The third-order valence-electron chi connectivity index (χ3n) is 10.0. The number of nitrogens with one attached hydrogen (secondary N) is 4. The van der Waals surface area contributed by atoms with E-state index in [1.165, 1.54) is 35.6 Å². The number of H-pyrrole nitrogens is 2. The number of aryl methyl sites for hydroxylation is 2. The summed E-state index contributed by atoms with van der Waals surface area (Å²) < 4.78 is 2.72. The van der Waals surface area contributed by atoms with Crippen molar-refractivity contribution in [2.45, 2.75) is 39.0 Å². The monoisotopic (exact) mass is 873 g/mol. The molecule has 0 aliphatic carbocycles. The largest absolute Gasteiger partial charge is 0.478 e. The molecular formula is C42H38CuN10O8. The van der Waals surface area contributed by atoms with Gasteiger partial charge in [-0.3, -0.25) is 29.4 Å². The van der Waals surface area contributed by atoms with Gasteiger partial charge in [0.1, 0.15) is 0 Å². The van der Waals surface area contributed by atoms with E-state index >= 15 is 0 Å². The van der Waals surface area contributed by atoms with Crippen LogP contribution >= 0.6 is 0 Å². The normalized spacial score (nSPS) is 18.0. The van der Waals surface area contributed by atoms with E-state index in [0.717, 1.165) is 10.0 Å². The van der Waals surface area contributed by atoms with E-state index in [-0.39, 0.29) is 39.3 Å². The molecule has 2 atom stereocenters. The molecule has 4 heterocycles. The number of anilines is 2. The maximum absolute atomic E-state index is 13.0. The summed E-state index contributed by atoms with van der Waals surface area (Å²) in [7, 11) is 0. The summed E-state index contributed by atoms with van der Waals surface area (Å²) >= 11 is 0. The van der Waals surface area contributed by atoms with Gasteiger partial charge in [-0.05, 0) is 76.2 Å². The van der Waals surface area contributed by atoms with Crippen molar-refractivity contribution in [3.8, 4) is 11.4 Å². The van der Waals surface area contributed by atoms with Gasteiger partial charge >= 0.3 is 11.9 Å². The second kappa shape index (κ2) is 16.8. The van der Waals surface area contributed by atoms with Crippen LogP contribution in [-0.2, 0) is 26.7 Å². The first-order valence-electron chi connectivity index (χ1n) is 18.4. The molecule has 19 heteroatoms. The number of amides is 2. The van der Waals surface area contributed by atoms with Crippen molar-refractivity contribution < 1.29 is 46.5 Å². The Morgan fingerprint density at radius 3 is 1.23 bits per heavy atom. The van der Waals surface area contributed by atoms with Crippen LogP contribution in [0.15, 0.2) is 129 Å². The molecule has 2 amide bonds. The van der Waals surface area contributed by atoms with Gasteiger partial charge in [0.15, 0.2) is 0 Å². The van der Waals surface area contributed by atoms with Crippen molar-refractivity contribution in [1.29, 1.82) is 0 Å². The van der Waals surface area contributed by atoms with Gasteiger partial charge < -0.3 is 20.8 Å². The molecule has 1 radical (unpaired) electrons. The Balaban J connectivity index is 0.000000201. The number of hydrogen-bond acceptors (Lipinski definition) is 10. The Labute approximate surface area is 357 Å². The zero-order valence-corrected chi connectivity index (χ0v) is 33.8. The van der Waals surface area contributed by atoms with Crippen LogP contribution in [0.5, 0.6) is 0 Å². The average Bonchev–Trinajstić information content (AvgIpc) is 3.69. The van der Waals surface area contributed by atoms with Crippen molar-refractivity contribution in [3.05, 3.63) is 164 Å². The Bertz CT molecular complexity index is 2660. The van der Waals surface area contributed by atoms with Gasteiger partial charge in [0, 0.05) is 39.8 Å². The molecule has 18 nitrogen and oxygen atoms in total. The summed E-state index contributed by atoms with van der Waals surface area (Å²) in [6.45, 7) is 6.08. The molecule has 2 aromatic heterocycles. The molecule has 6 aromatic rings. The van der Waals surface area contributed by atoms with Crippen LogP contribution in [0.2, 0.25) is 0 Å². The van der Waals surface area contributed by atoms with Crippen LogP contribution in [0.3, 0.4) is 0 Å². The third-order valence-corrected chi connectivity index (χ3v) is 10.0. The van der Waals surface area contributed by atoms with Crippen molar-refractivity contribution in [3.63, 3.8) is 0 Å². The molecule has 4 aromatic carbocycles. The average molecular weight is 874 g/mol. The second-order valence-electron chi connectivity index (χ2n) is 14.1. The predicted octanol–water partition coefficient (Wildman–Crippen LogP) is 4.35. The maximum Gasteiger partial charge on any atom is 0.352 e. The van der Waals surface area contributed by atoms with E-state index in [1.807, 2.05) is 12.1 Å². The summed E-state index contributed by atoms with van der Waals surface area (Å²) in [5.74, 6) is -3.73. The molecule has 8 rings (SSSR count). The van der Waals surface area contributed by atoms with Crippen molar-refractivity contribution in [1.82, 2.24) is 29.6 Å². The van der Waals surface area contributed by atoms with Crippen molar-refractivity contribution in [2.24, 2.45) is 10.2 Å². The summed E-state index contributed by atoms with van der Waals surface area (Å²) in [5, 5.41) is 41.1. The van der Waals surface area contributed by atoms with Gasteiger partial charge in [-0.25, -0.2) is 19.0 Å². The Morgan fingerprint density at radius 1 is 0.557 bits per heavy atom. The molecule has 0 bridgehead atoms. The number of para-hydroxylation sites is 4. The minimum Gasteiger partial charge on any atom is -0.478 e. The Hall–Kier alpha value is -7.76. The number of benzene rings is 4. The number of carbonyl (C=O) groups is 4. The molecule has 2 aliphatic rings. The zero-order chi connectivity index (χ0) is 42.9. The zero-order valence-electron chi connectivity index (χ0n) is 32.9. The number of hydrogen-bond donors (Lipinski definition) is 6. The van der Waals surface area contributed by atoms with Gasteiger partial charge in [0.05, 0.1) is 46.1 Å². The van der Waals surface area contributed by atoms with Crippen molar-refractivity contribution in [2.75, 3.05) is 10.6 Å². The number of carbonyl (C=O) groups excluding carboxylic acids is 2. The number of rotatable bonds is 8. The topological polar surface area (TPSA) is 240 Å². The second-order valence-corrected chi connectivity index (χ2v) is 14.1. The smallest absolute Gasteiger partial charge is 0.352 e. The number of carboxylic acid groups (broad SMARTS) is 2.